The van der Waals surface area contributed by atoms with Crippen molar-refractivity contribution in [2.75, 3.05) is 13.6 Å². The van der Waals surface area contributed by atoms with Crippen molar-refractivity contribution in [3.8, 4) is 0 Å². The van der Waals surface area contributed by atoms with Gasteiger partial charge in [-0.2, -0.15) is 5.10 Å². The molecule has 0 amide bonds. The van der Waals surface area contributed by atoms with E-state index in [2.05, 4.69) is 27.6 Å². The molecule has 3 N–H and O–H groups in total. The third kappa shape index (κ3) is 3.47. The molecule has 1 heterocycles. The molecule has 3 atom stereocenters. The summed E-state index contributed by atoms with van der Waals surface area (Å²) < 4.78 is 1.68. The molecule has 6 nitrogen and oxygen atoms in total. The molecule has 19 heavy (non-hydrogen) atoms. The SMILES string of the molecule is CN=C(NCC(C)(O)c1cnn(C)c1)NC1CC1C. The van der Waals surface area contributed by atoms with E-state index < -0.39 is 5.60 Å². The van der Waals surface area contributed by atoms with Crippen LogP contribution in [0.25, 0.3) is 0 Å². The molecule has 0 radical (unpaired) electrons. The Balaban J connectivity index is 1.89. The lowest BCUT2D eigenvalue weighted by atomic mass is 10.00. The molecule has 0 saturated heterocycles. The van der Waals surface area contributed by atoms with Crippen molar-refractivity contribution < 1.29 is 5.11 Å². The molecule has 106 valence electrons. The largest absolute Gasteiger partial charge is 0.383 e. The standard InChI is InChI=1S/C13H23N5O/c1-9-5-11(9)17-12(14-3)15-8-13(2,19)10-6-16-18(4)7-10/h6-7,9,11,19H,5,8H2,1-4H3,(H2,14,15,17). The Labute approximate surface area is 113 Å². The molecule has 0 spiro atoms. The number of aryl methyl sites for hydroxylation is 1. The number of rotatable bonds is 4. The summed E-state index contributed by atoms with van der Waals surface area (Å²) in [5.41, 5.74) is -0.182. The Hall–Kier alpha value is -1.56. The number of aromatic nitrogens is 2. The highest BCUT2D eigenvalue weighted by Gasteiger charge is 2.33. The van der Waals surface area contributed by atoms with Crippen LogP contribution in [0.1, 0.15) is 25.8 Å². The molecule has 1 aromatic heterocycles. The molecule has 1 aliphatic rings. The normalized spacial score (nSPS) is 25.8. The van der Waals surface area contributed by atoms with Gasteiger partial charge in [-0.25, -0.2) is 0 Å². The fourth-order valence-corrected chi connectivity index (χ4v) is 1.95. The third-order valence-corrected chi connectivity index (χ3v) is 3.58. The van der Waals surface area contributed by atoms with E-state index in [-0.39, 0.29) is 0 Å². The predicted molar refractivity (Wildman–Crippen MR) is 74.8 cm³/mol. The van der Waals surface area contributed by atoms with E-state index in [1.165, 1.54) is 6.42 Å². The Morgan fingerprint density at radius 3 is 2.84 bits per heavy atom. The highest BCUT2D eigenvalue weighted by molar-refractivity contribution is 5.80. The van der Waals surface area contributed by atoms with Crippen LogP contribution in [0.15, 0.2) is 17.4 Å². The minimum atomic E-state index is -0.971. The van der Waals surface area contributed by atoms with Crippen LogP contribution in [0, 0.1) is 5.92 Å². The van der Waals surface area contributed by atoms with Gasteiger partial charge in [0, 0.05) is 31.9 Å². The van der Waals surface area contributed by atoms with Crippen molar-refractivity contribution in [2.45, 2.75) is 31.9 Å². The molecular weight excluding hydrogens is 242 g/mol. The smallest absolute Gasteiger partial charge is 0.191 e. The first-order valence-electron chi connectivity index (χ1n) is 6.61. The Morgan fingerprint density at radius 1 is 1.68 bits per heavy atom. The van der Waals surface area contributed by atoms with Gasteiger partial charge in [0.2, 0.25) is 0 Å². The van der Waals surface area contributed by atoms with Crippen LogP contribution in [-0.4, -0.2) is 40.5 Å². The maximum atomic E-state index is 10.4. The zero-order valence-corrected chi connectivity index (χ0v) is 12.0. The molecule has 0 aromatic carbocycles. The average molecular weight is 265 g/mol. The Kier molecular flexibility index (Phi) is 3.80. The van der Waals surface area contributed by atoms with Crippen LogP contribution < -0.4 is 10.6 Å². The van der Waals surface area contributed by atoms with Gasteiger partial charge in [-0.15, -0.1) is 0 Å². The summed E-state index contributed by atoms with van der Waals surface area (Å²) in [7, 11) is 3.57. The fourth-order valence-electron chi connectivity index (χ4n) is 1.95. The topological polar surface area (TPSA) is 74.5 Å². The summed E-state index contributed by atoms with van der Waals surface area (Å²) in [4.78, 5) is 4.17. The van der Waals surface area contributed by atoms with E-state index >= 15 is 0 Å². The highest BCUT2D eigenvalue weighted by Crippen LogP contribution is 2.28. The molecule has 2 rings (SSSR count). The first kappa shape index (κ1) is 13.9. The van der Waals surface area contributed by atoms with E-state index in [1.54, 1.807) is 24.9 Å². The first-order chi connectivity index (χ1) is 8.92. The zero-order valence-electron chi connectivity index (χ0n) is 12.0. The van der Waals surface area contributed by atoms with E-state index in [0.29, 0.717) is 18.5 Å². The highest BCUT2D eigenvalue weighted by atomic mass is 16.3. The molecule has 6 heteroatoms. The van der Waals surface area contributed by atoms with E-state index in [1.807, 2.05) is 13.2 Å². The lowest BCUT2D eigenvalue weighted by Gasteiger charge is -2.23. The Morgan fingerprint density at radius 2 is 2.37 bits per heavy atom. The molecule has 1 saturated carbocycles. The number of hydrogen-bond donors (Lipinski definition) is 3. The van der Waals surface area contributed by atoms with Gasteiger partial charge in [-0.3, -0.25) is 9.67 Å². The summed E-state index contributed by atoms with van der Waals surface area (Å²) in [5.74, 6) is 1.44. The summed E-state index contributed by atoms with van der Waals surface area (Å²) >= 11 is 0. The van der Waals surface area contributed by atoms with Gasteiger partial charge < -0.3 is 15.7 Å². The van der Waals surface area contributed by atoms with Crippen LogP contribution in [0.5, 0.6) is 0 Å². The zero-order chi connectivity index (χ0) is 14.0. The second-order valence-corrected chi connectivity index (χ2v) is 5.57. The van der Waals surface area contributed by atoms with Gasteiger partial charge in [0.05, 0.1) is 12.7 Å². The van der Waals surface area contributed by atoms with Crippen molar-refractivity contribution in [1.29, 1.82) is 0 Å². The predicted octanol–water partition coefficient (Wildman–Crippen LogP) is 0.201. The second-order valence-electron chi connectivity index (χ2n) is 5.57. The minimum Gasteiger partial charge on any atom is -0.383 e. The average Bonchev–Trinajstić information content (AvgIpc) is 2.85. The summed E-state index contributed by atoms with van der Waals surface area (Å²) in [6.07, 6.45) is 4.68. The monoisotopic (exact) mass is 265 g/mol. The van der Waals surface area contributed by atoms with Crippen molar-refractivity contribution in [3.63, 3.8) is 0 Å². The van der Waals surface area contributed by atoms with Crippen molar-refractivity contribution in [1.82, 2.24) is 20.4 Å². The second kappa shape index (κ2) is 5.21. The van der Waals surface area contributed by atoms with Gasteiger partial charge in [0.1, 0.15) is 5.60 Å². The Bertz CT molecular complexity index is 465. The fraction of sp³-hybridized carbons (Fsp3) is 0.692. The molecule has 0 aliphatic heterocycles. The lowest BCUT2D eigenvalue weighted by molar-refractivity contribution is 0.0616. The first-order valence-corrected chi connectivity index (χ1v) is 6.61. The van der Waals surface area contributed by atoms with Crippen molar-refractivity contribution in [3.05, 3.63) is 18.0 Å². The molecule has 1 fully saturated rings. The van der Waals surface area contributed by atoms with E-state index in [9.17, 15) is 5.11 Å². The molecular formula is C13H23N5O. The van der Waals surface area contributed by atoms with Crippen LogP contribution in [-0.2, 0) is 12.6 Å². The van der Waals surface area contributed by atoms with Crippen molar-refractivity contribution in [2.24, 2.45) is 18.0 Å². The van der Waals surface area contributed by atoms with Crippen LogP contribution >= 0.6 is 0 Å². The third-order valence-electron chi connectivity index (χ3n) is 3.58. The van der Waals surface area contributed by atoms with Gasteiger partial charge in [0.25, 0.3) is 0 Å². The minimum absolute atomic E-state index is 0.388. The number of guanidine groups is 1. The van der Waals surface area contributed by atoms with Gasteiger partial charge in [-0.05, 0) is 19.3 Å². The quantitative estimate of drug-likeness (QED) is 0.537. The number of aliphatic imine (C=N–C) groups is 1. The van der Waals surface area contributed by atoms with E-state index in [0.717, 1.165) is 11.5 Å². The number of hydrogen-bond acceptors (Lipinski definition) is 3. The molecule has 1 aliphatic carbocycles. The number of nitrogens with zero attached hydrogens (tertiary/aromatic N) is 3. The summed E-state index contributed by atoms with van der Waals surface area (Å²) in [6.45, 7) is 4.36. The molecule has 3 unspecified atom stereocenters. The summed E-state index contributed by atoms with van der Waals surface area (Å²) in [5, 5.41) is 21.0. The molecule has 1 aromatic rings. The van der Waals surface area contributed by atoms with Crippen LogP contribution in [0.4, 0.5) is 0 Å². The number of nitrogens with one attached hydrogen (secondary N) is 2. The van der Waals surface area contributed by atoms with Crippen LogP contribution in [0.3, 0.4) is 0 Å². The van der Waals surface area contributed by atoms with Crippen molar-refractivity contribution >= 4 is 5.96 Å². The maximum absolute atomic E-state index is 10.4. The summed E-state index contributed by atoms with van der Waals surface area (Å²) in [6, 6.07) is 0.509. The maximum Gasteiger partial charge on any atom is 0.191 e. The van der Waals surface area contributed by atoms with E-state index in [4.69, 9.17) is 0 Å². The van der Waals surface area contributed by atoms with Gasteiger partial charge in [0.15, 0.2) is 5.96 Å². The van der Waals surface area contributed by atoms with Crippen LogP contribution in [0.2, 0.25) is 0 Å². The lowest BCUT2D eigenvalue weighted by Crippen LogP contribution is -2.45. The van der Waals surface area contributed by atoms with Gasteiger partial charge >= 0.3 is 0 Å². The molecule has 0 bridgehead atoms. The number of aliphatic hydroxyl groups is 1. The van der Waals surface area contributed by atoms with Gasteiger partial charge in [-0.1, -0.05) is 6.92 Å².